The van der Waals surface area contributed by atoms with Gasteiger partial charge < -0.3 is 20.8 Å². The van der Waals surface area contributed by atoms with E-state index in [0.717, 1.165) is 6.92 Å². The molecule has 10 heteroatoms. The molecule has 0 bridgehead atoms. The van der Waals surface area contributed by atoms with Crippen molar-refractivity contribution in [2.24, 2.45) is 0 Å². The summed E-state index contributed by atoms with van der Waals surface area (Å²) in [7, 11) is -3.42. The highest BCUT2D eigenvalue weighted by atomic mass is 32.2. The zero-order chi connectivity index (χ0) is 15.1. The molecule has 0 heterocycles. The van der Waals surface area contributed by atoms with Gasteiger partial charge in [-0.25, -0.2) is 22.7 Å². The monoisotopic (exact) mass is 297 g/mol. The van der Waals surface area contributed by atoms with E-state index in [9.17, 15) is 23.1 Å². The summed E-state index contributed by atoms with van der Waals surface area (Å²) in [5.74, 6) is -1.76. The molecule has 0 rings (SSSR count). The number of carbonyl (C=O) groups excluding carboxylic acids is 1. The number of carbonyl (C=O) groups is 2. The Morgan fingerprint density at radius 2 is 1.84 bits per heavy atom. The van der Waals surface area contributed by atoms with E-state index in [0.29, 0.717) is 0 Å². The lowest BCUT2D eigenvalue weighted by molar-refractivity contribution is -0.155. The van der Waals surface area contributed by atoms with E-state index in [-0.39, 0.29) is 18.8 Å². The molecule has 0 saturated heterocycles. The number of aliphatic carboxylic acids is 1. The van der Waals surface area contributed by atoms with Crippen LogP contribution < -0.4 is 15.4 Å². The first-order chi connectivity index (χ1) is 8.60. The van der Waals surface area contributed by atoms with Crippen LogP contribution in [0.2, 0.25) is 0 Å². The van der Waals surface area contributed by atoms with Crippen LogP contribution in [0, 0.1) is 0 Å². The van der Waals surface area contributed by atoms with Crippen molar-refractivity contribution in [1.29, 1.82) is 0 Å². The molecular weight excluding hydrogens is 278 g/mol. The Labute approximate surface area is 111 Å². The van der Waals surface area contributed by atoms with Crippen LogP contribution in [0.1, 0.15) is 13.8 Å². The molecule has 0 fully saturated rings. The van der Waals surface area contributed by atoms with E-state index in [1.165, 1.54) is 0 Å². The van der Waals surface area contributed by atoms with Gasteiger partial charge in [0.15, 0.2) is 5.60 Å². The Balaban J connectivity index is 3.99. The van der Waals surface area contributed by atoms with Crippen molar-refractivity contribution in [3.05, 3.63) is 0 Å². The molecule has 19 heavy (non-hydrogen) atoms. The Kier molecular flexibility index (Phi) is 6.73. The molecule has 0 saturated carbocycles. The van der Waals surface area contributed by atoms with Gasteiger partial charge in [0.05, 0.1) is 12.3 Å². The third kappa shape index (κ3) is 7.59. The normalized spacial score (nSPS) is 14.5. The Hall–Kier alpha value is -1.39. The van der Waals surface area contributed by atoms with Crippen LogP contribution in [0.3, 0.4) is 0 Å². The zero-order valence-electron chi connectivity index (χ0n) is 10.8. The van der Waals surface area contributed by atoms with Gasteiger partial charge in [-0.15, -0.1) is 0 Å². The Morgan fingerprint density at radius 3 is 2.32 bits per heavy atom. The van der Waals surface area contributed by atoms with Crippen molar-refractivity contribution in [2.45, 2.75) is 19.4 Å². The quantitative estimate of drug-likeness (QED) is 0.352. The molecule has 0 aliphatic carbocycles. The third-order valence-corrected chi connectivity index (χ3v) is 3.54. The number of hydrogen-bond donors (Lipinski definition) is 5. The number of urea groups is 1. The summed E-state index contributed by atoms with van der Waals surface area (Å²) < 4.78 is 24.7. The average molecular weight is 297 g/mol. The van der Waals surface area contributed by atoms with Crippen molar-refractivity contribution in [3.8, 4) is 0 Å². The number of amides is 2. The SMILES string of the molecule is CCNS(=O)(=O)CCNC(=O)NCC(C)(O)C(=O)O. The van der Waals surface area contributed by atoms with Crippen LogP contribution >= 0.6 is 0 Å². The molecule has 1 atom stereocenters. The minimum Gasteiger partial charge on any atom is -0.479 e. The number of aliphatic hydroxyl groups is 1. The van der Waals surface area contributed by atoms with Crippen LogP contribution in [-0.4, -0.2) is 61.6 Å². The zero-order valence-corrected chi connectivity index (χ0v) is 11.6. The summed E-state index contributed by atoms with van der Waals surface area (Å²) in [6.07, 6.45) is 0. The van der Waals surface area contributed by atoms with Crippen LogP contribution in [-0.2, 0) is 14.8 Å². The molecular formula is C9H19N3O6S. The van der Waals surface area contributed by atoms with Crippen molar-refractivity contribution in [1.82, 2.24) is 15.4 Å². The minimum atomic E-state index is -3.42. The number of hydrogen-bond acceptors (Lipinski definition) is 5. The van der Waals surface area contributed by atoms with E-state index in [1.807, 2.05) is 0 Å². The molecule has 0 radical (unpaired) electrons. The fourth-order valence-electron chi connectivity index (χ4n) is 0.982. The van der Waals surface area contributed by atoms with Crippen molar-refractivity contribution < 1.29 is 28.2 Å². The first-order valence-corrected chi connectivity index (χ1v) is 7.21. The highest BCUT2D eigenvalue weighted by Gasteiger charge is 2.30. The van der Waals surface area contributed by atoms with Crippen molar-refractivity contribution in [3.63, 3.8) is 0 Å². The maximum atomic E-state index is 11.2. The number of carboxylic acid groups (broad SMARTS) is 1. The van der Waals surface area contributed by atoms with Gasteiger partial charge in [-0.2, -0.15) is 0 Å². The van der Waals surface area contributed by atoms with E-state index >= 15 is 0 Å². The van der Waals surface area contributed by atoms with E-state index in [2.05, 4.69) is 15.4 Å². The molecule has 0 aromatic heterocycles. The Bertz CT molecular complexity index is 420. The van der Waals surface area contributed by atoms with Crippen molar-refractivity contribution in [2.75, 3.05) is 25.4 Å². The molecule has 112 valence electrons. The second kappa shape index (κ2) is 7.26. The topological polar surface area (TPSA) is 145 Å². The largest absolute Gasteiger partial charge is 0.479 e. The fraction of sp³-hybridized carbons (Fsp3) is 0.778. The summed E-state index contributed by atoms with van der Waals surface area (Å²) in [5, 5.41) is 22.3. The van der Waals surface area contributed by atoms with Gasteiger partial charge in [0.1, 0.15) is 0 Å². The summed E-state index contributed by atoms with van der Waals surface area (Å²) in [4.78, 5) is 21.8. The van der Waals surface area contributed by atoms with Gasteiger partial charge in [-0.3, -0.25) is 0 Å². The molecule has 0 aliphatic heterocycles. The predicted octanol–water partition coefficient (Wildman–Crippen LogP) is -1.94. The highest BCUT2D eigenvalue weighted by molar-refractivity contribution is 7.89. The lowest BCUT2D eigenvalue weighted by Gasteiger charge is -2.18. The molecule has 0 aromatic rings. The van der Waals surface area contributed by atoms with E-state index in [4.69, 9.17) is 5.11 Å². The van der Waals surface area contributed by atoms with Gasteiger partial charge >= 0.3 is 12.0 Å². The smallest absolute Gasteiger partial charge is 0.337 e. The molecule has 9 nitrogen and oxygen atoms in total. The average Bonchev–Trinajstić information content (AvgIpc) is 2.26. The van der Waals surface area contributed by atoms with Crippen LogP contribution in [0.4, 0.5) is 4.79 Å². The summed E-state index contributed by atoms with van der Waals surface area (Å²) in [6.45, 7) is 2.30. The lowest BCUT2D eigenvalue weighted by atomic mass is 10.1. The van der Waals surface area contributed by atoms with E-state index < -0.39 is 34.2 Å². The molecule has 2 amide bonds. The molecule has 0 aliphatic rings. The standard InChI is InChI=1S/C9H19N3O6S/c1-3-12-19(17,18)5-4-10-8(15)11-6-9(2,16)7(13)14/h12,16H,3-6H2,1-2H3,(H,13,14)(H2,10,11,15). The van der Waals surface area contributed by atoms with Crippen LogP contribution in [0.15, 0.2) is 0 Å². The van der Waals surface area contributed by atoms with Crippen LogP contribution in [0.25, 0.3) is 0 Å². The van der Waals surface area contributed by atoms with Gasteiger partial charge in [0.2, 0.25) is 10.0 Å². The summed E-state index contributed by atoms with van der Waals surface area (Å²) >= 11 is 0. The van der Waals surface area contributed by atoms with Gasteiger partial charge in [0, 0.05) is 13.1 Å². The fourth-order valence-corrected chi connectivity index (χ4v) is 1.94. The maximum Gasteiger partial charge on any atom is 0.337 e. The molecule has 5 N–H and O–H groups in total. The lowest BCUT2D eigenvalue weighted by Crippen LogP contribution is -2.49. The van der Waals surface area contributed by atoms with Gasteiger partial charge in [-0.05, 0) is 6.92 Å². The van der Waals surface area contributed by atoms with E-state index in [1.54, 1.807) is 6.92 Å². The number of sulfonamides is 1. The number of rotatable bonds is 8. The highest BCUT2D eigenvalue weighted by Crippen LogP contribution is 2.00. The number of carboxylic acids is 1. The first kappa shape index (κ1) is 17.6. The minimum absolute atomic E-state index is 0.129. The summed E-state index contributed by atoms with van der Waals surface area (Å²) in [6, 6.07) is -0.756. The molecule has 1 unspecified atom stereocenters. The van der Waals surface area contributed by atoms with Crippen molar-refractivity contribution >= 4 is 22.0 Å². The second-order valence-electron chi connectivity index (χ2n) is 4.01. The maximum absolute atomic E-state index is 11.2. The Morgan fingerprint density at radius 1 is 1.26 bits per heavy atom. The first-order valence-electron chi connectivity index (χ1n) is 5.55. The number of nitrogens with one attached hydrogen (secondary N) is 3. The van der Waals surface area contributed by atoms with Gasteiger partial charge in [-0.1, -0.05) is 6.92 Å². The van der Waals surface area contributed by atoms with Gasteiger partial charge in [0.25, 0.3) is 0 Å². The molecule has 0 spiro atoms. The second-order valence-corrected chi connectivity index (χ2v) is 5.93. The third-order valence-electron chi connectivity index (χ3n) is 2.07. The predicted molar refractivity (Wildman–Crippen MR) is 67.1 cm³/mol. The summed E-state index contributed by atoms with van der Waals surface area (Å²) in [5.41, 5.74) is -2.08. The van der Waals surface area contributed by atoms with Crippen LogP contribution in [0.5, 0.6) is 0 Å². The molecule has 0 aromatic carbocycles.